The summed E-state index contributed by atoms with van der Waals surface area (Å²) in [5.74, 6) is 0. The maximum absolute atomic E-state index is 3.51. The molecule has 0 spiro atoms. The highest BCUT2D eigenvalue weighted by atomic mass is 15.3. The summed E-state index contributed by atoms with van der Waals surface area (Å²) >= 11 is 0. The fourth-order valence-electron chi connectivity index (χ4n) is 2.73. The molecule has 1 aliphatic heterocycles. The third-order valence-corrected chi connectivity index (χ3v) is 3.60. The van der Waals surface area contributed by atoms with E-state index >= 15 is 0 Å². The molecular formula is C13H29N3. The lowest BCUT2D eigenvalue weighted by Crippen LogP contribution is -2.56. The Morgan fingerprint density at radius 1 is 1.31 bits per heavy atom. The van der Waals surface area contributed by atoms with E-state index in [2.05, 4.69) is 42.9 Å². The van der Waals surface area contributed by atoms with Crippen molar-refractivity contribution in [2.24, 2.45) is 0 Å². The minimum absolute atomic E-state index is 0.703. The zero-order valence-corrected chi connectivity index (χ0v) is 11.5. The Balaban J connectivity index is 2.48. The first-order valence-corrected chi connectivity index (χ1v) is 6.84. The molecule has 0 aromatic rings. The number of nitrogens with zero attached hydrogens (tertiary/aromatic N) is 2. The molecule has 0 amide bonds. The van der Waals surface area contributed by atoms with E-state index in [4.69, 9.17) is 0 Å². The number of hydrogen-bond donors (Lipinski definition) is 1. The molecule has 1 aliphatic rings. The second-order valence-corrected chi connectivity index (χ2v) is 5.10. The Hall–Kier alpha value is -0.120. The van der Waals surface area contributed by atoms with E-state index in [0.29, 0.717) is 6.04 Å². The predicted octanol–water partition coefficient (Wildman–Crippen LogP) is 1.40. The van der Waals surface area contributed by atoms with Crippen molar-refractivity contribution in [3.63, 3.8) is 0 Å². The van der Waals surface area contributed by atoms with Gasteiger partial charge in [0.15, 0.2) is 0 Å². The fraction of sp³-hybridized carbons (Fsp3) is 1.00. The highest BCUT2D eigenvalue weighted by Gasteiger charge is 2.26. The molecule has 1 saturated heterocycles. The monoisotopic (exact) mass is 227 g/mol. The molecule has 0 radical (unpaired) electrons. The molecule has 1 fully saturated rings. The normalized spacial score (nSPS) is 25.9. The van der Waals surface area contributed by atoms with E-state index in [9.17, 15) is 0 Å². The zero-order chi connectivity index (χ0) is 12.0. The van der Waals surface area contributed by atoms with Gasteiger partial charge in [0.2, 0.25) is 0 Å². The fourth-order valence-corrected chi connectivity index (χ4v) is 2.73. The summed E-state index contributed by atoms with van der Waals surface area (Å²) in [5.41, 5.74) is 0. The average Bonchev–Trinajstić information content (AvgIpc) is 2.25. The number of rotatable bonds is 6. The van der Waals surface area contributed by atoms with Crippen molar-refractivity contribution in [2.75, 3.05) is 39.8 Å². The molecule has 1 N–H and O–H groups in total. The van der Waals surface area contributed by atoms with Crippen molar-refractivity contribution in [3.05, 3.63) is 0 Å². The number of nitrogens with one attached hydrogen (secondary N) is 1. The first-order valence-electron chi connectivity index (χ1n) is 6.84. The molecule has 2 atom stereocenters. The third-order valence-electron chi connectivity index (χ3n) is 3.60. The van der Waals surface area contributed by atoms with Crippen LogP contribution in [0.4, 0.5) is 0 Å². The van der Waals surface area contributed by atoms with Crippen LogP contribution in [0.15, 0.2) is 0 Å². The zero-order valence-electron chi connectivity index (χ0n) is 11.5. The maximum atomic E-state index is 3.51. The topological polar surface area (TPSA) is 18.5 Å². The van der Waals surface area contributed by atoms with Gasteiger partial charge >= 0.3 is 0 Å². The standard InChI is InChI=1S/C13H29N3/c1-5-7-13(10-14-6-2)16-9-8-15(4)11-12(16)3/h12-14H,5-11H2,1-4H3. The Morgan fingerprint density at radius 3 is 2.62 bits per heavy atom. The molecule has 0 aromatic heterocycles. The number of piperazine rings is 1. The Kier molecular flexibility index (Phi) is 6.32. The SMILES string of the molecule is CCCC(CNCC)N1CCN(C)CC1C. The molecule has 3 nitrogen and oxygen atoms in total. The molecule has 1 rings (SSSR count). The minimum atomic E-state index is 0.703. The van der Waals surface area contributed by atoms with Crippen molar-refractivity contribution < 1.29 is 0 Å². The van der Waals surface area contributed by atoms with Crippen molar-refractivity contribution in [1.82, 2.24) is 15.1 Å². The summed E-state index contributed by atoms with van der Waals surface area (Å²) in [6.45, 7) is 12.7. The van der Waals surface area contributed by atoms with Gasteiger partial charge in [-0.05, 0) is 26.9 Å². The highest BCUT2D eigenvalue weighted by Crippen LogP contribution is 2.15. The van der Waals surface area contributed by atoms with Gasteiger partial charge in [-0.1, -0.05) is 20.3 Å². The number of hydrogen-bond acceptors (Lipinski definition) is 3. The number of likely N-dealkylation sites (N-methyl/N-ethyl adjacent to an activating group) is 2. The van der Waals surface area contributed by atoms with Crippen LogP contribution in [0.3, 0.4) is 0 Å². The van der Waals surface area contributed by atoms with Crippen LogP contribution in [-0.4, -0.2) is 61.7 Å². The summed E-state index contributed by atoms with van der Waals surface area (Å²) in [5, 5.41) is 3.51. The summed E-state index contributed by atoms with van der Waals surface area (Å²) in [7, 11) is 2.23. The van der Waals surface area contributed by atoms with Crippen LogP contribution in [0.25, 0.3) is 0 Å². The van der Waals surface area contributed by atoms with Crippen LogP contribution >= 0.6 is 0 Å². The van der Waals surface area contributed by atoms with Crippen molar-refractivity contribution in [2.45, 2.75) is 45.7 Å². The van der Waals surface area contributed by atoms with E-state index in [-0.39, 0.29) is 0 Å². The van der Waals surface area contributed by atoms with Crippen LogP contribution in [0.1, 0.15) is 33.6 Å². The van der Waals surface area contributed by atoms with Gasteiger partial charge in [-0.2, -0.15) is 0 Å². The molecule has 0 aliphatic carbocycles. The van der Waals surface area contributed by atoms with E-state index in [1.165, 1.54) is 32.5 Å². The van der Waals surface area contributed by atoms with Gasteiger partial charge in [-0.3, -0.25) is 4.90 Å². The summed E-state index contributed by atoms with van der Waals surface area (Å²) in [4.78, 5) is 5.14. The van der Waals surface area contributed by atoms with Gasteiger partial charge in [0.05, 0.1) is 0 Å². The van der Waals surface area contributed by atoms with E-state index < -0.39 is 0 Å². The molecule has 0 bridgehead atoms. The summed E-state index contributed by atoms with van der Waals surface area (Å²) < 4.78 is 0. The second-order valence-electron chi connectivity index (χ2n) is 5.10. The Morgan fingerprint density at radius 2 is 2.06 bits per heavy atom. The Labute approximate surface area is 101 Å². The van der Waals surface area contributed by atoms with Gasteiger partial charge in [0.1, 0.15) is 0 Å². The van der Waals surface area contributed by atoms with Crippen LogP contribution in [0.2, 0.25) is 0 Å². The smallest absolute Gasteiger partial charge is 0.0224 e. The minimum Gasteiger partial charge on any atom is -0.315 e. The molecule has 96 valence electrons. The van der Waals surface area contributed by atoms with Gasteiger partial charge < -0.3 is 10.2 Å². The van der Waals surface area contributed by atoms with Gasteiger partial charge in [0.25, 0.3) is 0 Å². The molecule has 16 heavy (non-hydrogen) atoms. The van der Waals surface area contributed by atoms with Crippen LogP contribution in [0, 0.1) is 0 Å². The first kappa shape index (κ1) is 13.9. The molecule has 0 aromatic carbocycles. The van der Waals surface area contributed by atoms with Crippen LogP contribution < -0.4 is 5.32 Å². The lowest BCUT2D eigenvalue weighted by molar-refractivity contribution is 0.0571. The second kappa shape index (κ2) is 7.25. The van der Waals surface area contributed by atoms with Gasteiger partial charge in [-0.15, -0.1) is 0 Å². The van der Waals surface area contributed by atoms with E-state index in [1.807, 2.05) is 0 Å². The van der Waals surface area contributed by atoms with Gasteiger partial charge in [-0.25, -0.2) is 0 Å². The lowest BCUT2D eigenvalue weighted by atomic mass is 10.1. The molecule has 3 heteroatoms. The average molecular weight is 227 g/mol. The lowest BCUT2D eigenvalue weighted by Gasteiger charge is -2.43. The maximum Gasteiger partial charge on any atom is 0.0224 e. The van der Waals surface area contributed by atoms with E-state index in [0.717, 1.165) is 19.1 Å². The van der Waals surface area contributed by atoms with Crippen molar-refractivity contribution in [1.29, 1.82) is 0 Å². The van der Waals surface area contributed by atoms with Crippen molar-refractivity contribution in [3.8, 4) is 0 Å². The predicted molar refractivity (Wildman–Crippen MR) is 70.9 cm³/mol. The largest absolute Gasteiger partial charge is 0.315 e. The highest BCUT2D eigenvalue weighted by molar-refractivity contribution is 4.84. The first-order chi connectivity index (χ1) is 7.69. The summed E-state index contributed by atoms with van der Waals surface area (Å²) in [6.07, 6.45) is 2.61. The van der Waals surface area contributed by atoms with E-state index in [1.54, 1.807) is 0 Å². The molecule has 0 saturated carbocycles. The van der Waals surface area contributed by atoms with Crippen molar-refractivity contribution >= 4 is 0 Å². The molecule has 1 heterocycles. The Bertz CT molecular complexity index is 184. The van der Waals surface area contributed by atoms with Crippen LogP contribution in [-0.2, 0) is 0 Å². The van der Waals surface area contributed by atoms with Crippen LogP contribution in [0.5, 0.6) is 0 Å². The molecular weight excluding hydrogens is 198 g/mol. The third kappa shape index (κ3) is 4.04. The molecule has 2 unspecified atom stereocenters. The quantitative estimate of drug-likeness (QED) is 0.740. The summed E-state index contributed by atoms with van der Waals surface area (Å²) in [6, 6.07) is 1.43. The van der Waals surface area contributed by atoms with Gasteiger partial charge in [0, 0.05) is 38.3 Å².